The number of fused-ring (bicyclic) bond motifs is 1. The molecular weight excluding hydrogens is 244 g/mol. The SMILES string of the molecule is N#Cc1ncccc1COc1ccc2c(c1)OCO2. The molecule has 0 saturated heterocycles. The summed E-state index contributed by atoms with van der Waals surface area (Å²) in [6.07, 6.45) is 1.59. The monoisotopic (exact) mass is 254 g/mol. The van der Waals surface area contributed by atoms with Crippen molar-refractivity contribution < 1.29 is 14.2 Å². The van der Waals surface area contributed by atoms with Crippen LogP contribution in [0, 0.1) is 11.3 Å². The minimum absolute atomic E-state index is 0.236. The van der Waals surface area contributed by atoms with Crippen molar-refractivity contribution in [1.82, 2.24) is 4.98 Å². The van der Waals surface area contributed by atoms with Gasteiger partial charge in [0.05, 0.1) is 0 Å². The fraction of sp³-hybridized carbons (Fsp3) is 0.143. The van der Waals surface area contributed by atoms with Gasteiger partial charge in [-0.25, -0.2) is 4.98 Å². The van der Waals surface area contributed by atoms with E-state index in [0.717, 1.165) is 5.56 Å². The first-order valence-electron chi connectivity index (χ1n) is 5.73. The minimum atomic E-state index is 0.236. The molecule has 2 aromatic rings. The molecule has 0 radical (unpaired) electrons. The largest absolute Gasteiger partial charge is 0.489 e. The molecule has 2 heterocycles. The summed E-state index contributed by atoms with van der Waals surface area (Å²) < 4.78 is 16.1. The van der Waals surface area contributed by atoms with Crippen molar-refractivity contribution in [2.24, 2.45) is 0 Å². The maximum absolute atomic E-state index is 8.94. The van der Waals surface area contributed by atoms with E-state index in [1.807, 2.05) is 12.1 Å². The van der Waals surface area contributed by atoms with Crippen LogP contribution in [0.5, 0.6) is 17.2 Å². The molecule has 1 aliphatic rings. The van der Waals surface area contributed by atoms with E-state index in [1.165, 1.54) is 0 Å². The molecule has 0 unspecified atom stereocenters. The fourth-order valence-corrected chi connectivity index (χ4v) is 1.78. The van der Waals surface area contributed by atoms with Gasteiger partial charge in [-0.3, -0.25) is 0 Å². The normalized spacial score (nSPS) is 11.9. The van der Waals surface area contributed by atoms with Crippen LogP contribution in [0.2, 0.25) is 0 Å². The van der Waals surface area contributed by atoms with Gasteiger partial charge >= 0.3 is 0 Å². The van der Waals surface area contributed by atoms with Crippen molar-refractivity contribution in [3.05, 3.63) is 47.8 Å². The molecule has 0 N–H and O–H groups in total. The predicted molar refractivity (Wildman–Crippen MR) is 65.8 cm³/mol. The highest BCUT2D eigenvalue weighted by molar-refractivity contribution is 5.47. The second-order valence-corrected chi connectivity index (χ2v) is 3.93. The van der Waals surface area contributed by atoms with Crippen LogP contribution in [0.15, 0.2) is 36.5 Å². The number of pyridine rings is 1. The van der Waals surface area contributed by atoms with E-state index in [4.69, 9.17) is 19.5 Å². The maximum atomic E-state index is 8.94. The van der Waals surface area contributed by atoms with E-state index in [9.17, 15) is 0 Å². The molecule has 0 fully saturated rings. The average Bonchev–Trinajstić information content (AvgIpc) is 2.93. The topological polar surface area (TPSA) is 64.4 Å². The summed E-state index contributed by atoms with van der Waals surface area (Å²) in [7, 11) is 0. The summed E-state index contributed by atoms with van der Waals surface area (Å²) in [5.41, 5.74) is 1.13. The lowest BCUT2D eigenvalue weighted by Crippen LogP contribution is -1.99. The summed E-state index contributed by atoms with van der Waals surface area (Å²) in [5.74, 6) is 2.05. The standard InChI is InChI=1S/C14H10N2O3/c15-7-12-10(2-1-5-16-12)8-17-11-3-4-13-14(6-11)19-9-18-13/h1-6H,8-9H2. The van der Waals surface area contributed by atoms with Crippen LogP contribution in [0.25, 0.3) is 0 Å². The van der Waals surface area contributed by atoms with Gasteiger partial charge in [0, 0.05) is 17.8 Å². The highest BCUT2D eigenvalue weighted by atomic mass is 16.7. The van der Waals surface area contributed by atoms with Crippen LogP contribution < -0.4 is 14.2 Å². The third-order valence-electron chi connectivity index (χ3n) is 2.74. The van der Waals surface area contributed by atoms with E-state index < -0.39 is 0 Å². The lowest BCUT2D eigenvalue weighted by molar-refractivity contribution is 0.173. The molecule has 0 aliphatic carbocycles. The molecule has 3 rings (SSSR count). The van der Waals surface area contributed by atoms with Crippen LogP contribution in [0.4, 0.5) is 0 Å². The molecule has 94 valence electrons. The van der Waals surface area contributed by atoms with Gasteiger partial charge in [-0.2, -0.15) is 5.26 Å². The third-order valence-corrected chi connectivity index (χ3v) is 2.74. The number of hydrogen-bond acceptors (Lipinski definition) is 5. The Morgan fingerprint density at radius 1 is 1.26 bits per heavy atom. The van der Waals surface area contributed by atoms with Gasteiger partial charge in [0.1, 0.15) is 24.1 Å². The third kappa shape index (κ3) is 2.29. The van der Waals surface area contributed by atoms with Crippen LogP contribution in [-0.2, 0) is 6.61 Å². The Morgan fingerprint density at radius 2 is 2.16 bits per heavy atom. The summed E-state index contributed by atoms with van der Waals surface area (Å²) in [6, 6.07) is 11.0. The number of rotatable bonds is 3. The summed E-state index contributed by atoms with van der Waals surface area (Å²) in [5, 5.41) is 8.94. The summed E-state index contributed by atoms with van der Waals surface area (Å²) in [6.45, 7) is 0.524. The Balaban J connectivity index is 1.74. The quantitative estimate of drug-likeness (QED) is 0.840. The Morgan fingerprint density at radius 3 is 3.05 bits per heavy atom. The van der Waals surface area contributed by atoms with Crippen LogP contribution in [0.1, 0.15) is 11.3 Å². The van der Waals surface area contributed by atoms with Crippen molar-refractivity contribution in [3.63, 3.8) is 0 Å². The summed E-state index contributed by atoms with van der Waals surface area (Å²) in [4.78, 5) is 3.98. The Hall–Kier alpha value is -2.74. The molecule has 0 spiro atoms. The predicted octanol–water partition coefficient (Wildman–Crippen LogP) is 2.26. The first-order chi connectivity index (χ1) is 9.36. The zero-order chi connectivity index (χ0) is 13.1. The number of benzene rings is 1. The number of aromatic nitrogens is 1. The number of hydrogen-bond donors (Lipinski definition) is 0. The van der Waals surface area contributed by atoms with Crippen molar-refractivity contribution in [2.45, 2.75) is 6.61 Å². The van der Waals surface area contributed by atoms with Gasteiger partial charge in [-0.15, -0.1) is 0 Å². The van der Waals surface area contributed by atoms with Crippen LogP contribution in [-0.4, -0.2) is 11.8 Å². The molecule has 0 atom stereocenters. The number of nitriles is 1. The van der Waals surface area contributed by atoms with E-state index in [1.54, 1.807) is 30.5 Å². The van der Waals surface area contributed by atoms with E-state index >= 15 is 0 Å². The molecule has 1 aromatic heterocycles. The first kappa shape index (κ1) is 11.4. The van der Waals surface area contributed by atoms with Gasteiger partial charge in [-0.05, 0) is 18.2 Å². The zero-order valence-electron chi connectivity index (χ0n) is 10.00. The van der Waals surface area contributed by atoms with Crippen molar-refractivity contribution >= 4 is 0 Å². The number of nitrogens with zero attached hydrogens (tertiary/aromatic N) is 2. The Labute approximate surface area is 110 Å². The van der Waals surface area contributed by atoms with Gasteiger partial charge in [0.2, 0.25) is 6.79 Å². The second kappa shape index (κ2) is 4.86. The fourth-order valence-electron chi connectivity index (χ4n) is 1.78. The van der Waals surface area contributed by atoms with E-state index in [0.29, 0.717) is 22.9 Å². The molecule has 1 aromatic carbocycles. The molecule has 0 saturated carbocycles. The minimum Gasteiger partial charge on any atom is -0.489 e. The van der Waals surface area contributed by atoms with Crippen molar-refractivity contribution in [2.75, 3.05) is 6.79 Å². The molecule has 1 aliphatic heterocycles. The average molecular weight is 254 g/mol. The highest BCUT2D eigenvalue weighted by Crippen LogP contribution is 2.35. The van der Waals surface area contributed by atoms with E-state index in [2.05, 4.69) is 4.98 Å². The highest BCUT2D eigenvalue weighted by Gasteiger charge is 2.14. The Bertz CT molecular complexity index is 649. The lowest BCUT2D eigenvalue weighted by Gasteiger charge is -2.07. The lowest BCUT2D eigenvalue weighted by atomic mass is 10.2. The summed E-state index contributed by atoms with van der Waals surface area (Å²) >= 11 is 0. The molecule has 0 amide bonds. The Kier molecular flexibility index (Phi) is 2.91. The van der Waals surface area contributed by atoms with Gasteiger partial charge in [0.25, 0.3) is 0 Å². The van der Waals surface area contributed by atoms with Crippen molar-refractivity contribution in [3.8, 4) is 23.3 Å². The second-order valence-electron chi connectivity index (χ2n) is 3.93. The maximum Gasteiger partial charge on any atom is 0.231 e. The smallest absolute Gasteiger partial charge is 0.231 e. The molecular formula is C14H10N2O3. The van der Waals surface area contributed by atoms with E-state index in [-0.39, 0.29) is 13.4 Å². The molecule has 5 nitrogen and oxygen atoms in total. The van der Waals surface area contributed by atoms with Crippen LogP contribution in [0.3, 0.4) is 0 Å². The molecule has 19 heavy (non-hydrogen) atoms. The molecule has 0 bridgehead atoms. The van der Waals surface area contributed by atoms with Gasteiger partial charge in [-0.1, -0.05) is 6.07 Å². The zero-order valence-corrected chi connectivity index (χ0v) is 10.00. The number of ether oxygens (including phenoxy) is 3. The van der Waals surface area contributed by atoms with Gasteiger partial charge < -0.3 is 14.2 Å². The first-order valence-corrected chi connectivity index (χ1v) is 5.73. The van der Waals surface area contributed by atoms with Crippen molar-refractivity contribution in [1.29, 1.82) is 5.26 Å². The van der Waals surface area contributed by atoms with Crippen LogP contribution >= 0.6 is 0 Å². The van der Waals surface area contributed by atoms with Gasteiger partial charge in [0.15, 0.2) is 11.5 Å². The molecule has 5 heteroatoms.